The number of aromatic nitrogens is 2. The fraction of sp³-hybridized carbons (Fsp3) is 0.750. The van der Waals surface area contributed by atoms with Crippen molar-refractivity contribution in [3.05, 3.63) is 0 Å². The zero-order valence-electron chi connectivity index (χ0n) is 11.5. The quantitative estimate of drug-likeness (QED) is 0.685. The van der Waals surface area contributed by atoms with Gasteiger partial charge < -0.3 is 11.1 Å². The van der Waals surface area contributed by atoms with Crippen molar-refractivity contribution in [1.82, 2.24) is 15.5 Å². The third kappa shape index (κ3) is 6.77. The molecule has 7 heteroatoms. The van der Waals surface area contributed by atoms with Crippen LogP contribution in [-0.2, 0) is 4.79 Å². The van der Waals surface area contributed by atoms with Crippen molar-refractivity contribution in [2.45, 2.75) is 43.9 Å². The molecule has 0 aliphatic rings. The average molecular weight is 302 g/mol. The van der Waals surface area contributed by atoms with E-state index in [0.717, 1.165) is 17.3 Å². The first-order chi connectivity index (χ1) is 9.15. The van der Waals surface area contributed by atoms with Crippen LogP contribution in [0.15, 0.2) is 4.34 Å². The Morgan fingerprint density at radius 3 is 2.84 bits per heavy atom. The topological polar surface area (TPSA) is 80.9 Å². The molecule has 0 aromatic carbocycles. The Morgan fingerprint density at radius 1 is 1.47 bits per heavy atom. The van der Waals surface area contributed by atoms with Crippen molar-refractivity contribution in [2.24, 2.45) is 5.92 Å². The standard InChI is InChI=1S/C12H22N4OS2/c1-3-5-6-9(4-2)7-14-10(17)8-18-12-16-15-11(13)19-12/h9H,3-8H2,1-2H3,(H2,13,15)(H,14,17)/t9-/m1/s1. The minimum absolute atomic E-state index is 0.0497. The maximum atomic E-state index is 11.7. The summed E-state index contributed by atoms with van der Waals surface area (Å²) in [5, 5.41) is 11.0. The molecule has 0 saturated carbocycles. The Kier molecular flexibility index (Phi) is 7.81. The molecule has 1 aromatic heterocycles. The van der Waals surface area contributed by atoms with E-state index in [1.807, 2.05) is 0 Å². The van der Waals surface area contributed by atoms with Crippen LogP contribution < -0.4 is 11.1 Å². The summed E-state index contributed by atoms with van der Waals surface area (Å²) in [6.07, 6.45) is 4.74. The first kappa shape index (κ1) is 16.2. The second-order valence-corrected chi connectivity index (χ2v) is 6.65. The number of nitrogens with two attached hydrogens (primary N) is 1. The lowest BCUT2D eigenvalue weighted by molar-refractivity contribution is -0.118. The van der Waals surface area contributed by atoms with Gasteiger partial charge in [-0.2, -0.15) is 0 Å². The number of nitrogen functional groups attached to an aromatic ring is 1. The molecular formula is C12H22N4OS2. The molecule has 108 valence electrons. The van der Waals surface area contributed by atoms with E-state index >= 15 is 0 Å². The van der Waals surface area contributed by atoms with Crippen LogP contribution in [0.1, 0.15) is 39.5 Å². The summed E-state index contributed by atoms with van der Waals surface area (Å²) in [6, 6.07) is 0. The molecule has 1 amide bonds. The molecule has 0 saturated heterocycles. The van der Waals surface area contributed by atoms with Gasteiger partial charge in [0.25, 0.3) is 0 Å². The van der Waals surface area contributed by atoms with Crippen LogP contribution >= 0.6 is 23.1 Å². The van der Waals surface area contributed by atoms with Crippen LogP contribution in [0.4, 0.5) is 5.13 Å². The molecule has 1 atom stereocenters. The minimum atomic E-state index is 0.0497. The predicted molar refractivity (Wildman–Crippen MR) is 81.4 cm³/mol. The Hall–Kier alpha value is -0.820. The van der Waals surface area contributed by atoms with Crippen molar-refractivity contribution < 1.29 is 4.79 Å². The highest BCUT2D eigenvalue weighted by molar-refractivity contribution is 8.01. The van der Waals surface area contributed by atoms with Gasteiger partial charge in [0.2, 0.25) is 11.0 Å². The number of unbranched alkanes of at least 4 members (excludes halogenated alkanes) is 1. The molecule has 5 nitrogen and oxygen atoms in total. The molecule has 0 fully saturated rings. The van der Waals surface area contributed by atoms with E-state index in [-0.39, 0.29) is 5.91 Å². The molecule has 0 aliphatic carbocycles. The largest absolute Gasteiger partial charge is 0.374 e. The monoisotopic (exact) mass is 302 g/mol. The van der Waals surface area contributed by atoms with Gasteiger partial charge >= 0.3 is 0 Å². The van der Waals surface area contributed by atoms with Gasteiger partial charge in [-0.3, -0.25) is 4.79 Å². The zero-order chi connectivity index (χ0) is 14.1. The van der Waals surface area contributed by atoms with Gasteiger partial charge in [0, 0.05) is 6.54 Å². The Morgan fingerprint density at radius 2 is 2.26 bits per heavy atom. The maximum absolute atomic E-state index is 11.7. The Balaban J connectivity index is 2.19. The van der Waals surface area contributed by atoms with Crippen LogP contribution in [0.25, 0.3) is 0 Å². The Labute approximate surface area is 122 Å². The fourth-order valence-electron chi connectivity index (χ4n) is 1.66. The highest BCUT2D eigenvalue weighted by Gasteiger charge is 2.10. The molecule has 1 aromatic rings. The van der Waals surface area contributed by atoms with E-state index in [2.05, 4.69) is 29.4 Å². The molecule has 0 radical (unpaired) electrons. The van der Waals surface area contributed by atoms with E-state index in [1.165, 1.54) is 42.4 Å². The highest BCUT2D eigenvalue weighted by atomic mass is 32.2. The first-order valence-electron chi connectivity index (χ1n) is 6.64. The number of nitrogens with one attached hydrogen (secondary N) is 1. The number of hydrogen-bond acceptors (Lipinski definition) is 6. The second kappa shape index (κ2) is 9.14. The van der Waals surface area contributed by atoms with Crippen LogP contribution in [0.5, 0.6) is 0 Å². The summed E-state index contributed by atoms with van der Waals surface area (Å²) < 4.78 is 0.741. The summed E-state index contributed by atoms with van der Waals surface area (Å²) in [6.45, 7) is 5.13. The molecule has 19 heavy (non-hydrogen) atoms. The fourth-order valence-corrected chi connectivity index (χ4v) is 3.12. The van der Waals surface area contributed by atoms with Gasteiger partial charge in [0.05, 0.1) is 5.75 Å². The van der Waals surface area contributed by atoms with Crippen molar-refractivity contribution in [3.8, 4) is 0 Å². The van der Waals surface area contributed by atoms with Gasteiger partial charge in [-0.1, -0.05) is 56.2 Å². The van der Waals surface area contributed by atoms with Gasteiger partial charge in [0.1, 0.15) is 0 Å². The molecule has 1 heterocycles. The highest BCUT2D eigenvalue weighted by Crippen LogP contribution is 2.23. The van der Waals surface area contributed by atoms with Gasteiger partial charge in [0.15, 0.2) is 4.34 Å². The molecule has 3 N–H and O–H groups in total. The van der Waals surface area contributed by atoms with Crippen molar-refractivity contribution in [1.29, 1.82) is 0 Å². The zero-order valence-corrected chi connectivity index (χ0v) is 13.1. The minimum Gasteiger partial charge on any atom is -0.374 e. The first-order valence-corrected chi connectivity index (χ1v) is 8.44. The molecule has 0 unspecified atom stereocenters. The predicted octanol–water partition coefficient (Wildman–Crippen LogP) is 2.54. The lowest BCUT2D eigenvalue weighted by Crippen LogP contribution is -2.30. The summed E-state index contributed by atoms with van der Waals surface area (Å²) in [5.74, 6) is 1.01. The number of carbonyl (C=O) groups is 1. The van der Waals surface area contributed by atoms with E-state index in [9.17, 15) is 4.79 Å². The molecule has 1 rings (SSSR count). The molecular weight excluding hydrogens is 280 g/mol. The average Bonchev–Trinajstić information content (AvgIpc) is 2.82. The number of nitrogens with zero attached hydrogens (tertiary/aromatic N) is 2. The maximum Gasteiger partial charge on any atom is 0.230 e. The second-order valence-electron chi connectivity index (χ2n) is 4.42. The summed E-state index contributed by atoms with van der Waals surface area (Å²) in [5.41, 5.74) is 5.48. The van der Waals surface area contributed by atoms with Crippen LogP contribution in [-0.4, -0.2) is 28.4 Å². The van der Waals surface area contributed by atoms with Gasteiger partial charge in [-0.05, 0) is 12.3 Å². The number of amides is 1. The number of thioether (sulfide) groups is 1. The number of hydrogen-bond donors (Lipinski definition) is 2. The smallest absolute Gasteiger partial charge is 0.230 e. The number of carbonyl (C=O) groups excluding carboxylic acids is 1. The van der Waals surface area contributed by atoms with Crippen molar-refractivity contribution in [2.75, 3.05) is 18.0 Å². The normalized spacial score (nSPS) is 12.3. The van der Waals surface area contributed by atoms with Gasteiger partial charge in [-0.15, -0.1) is 10.2 Å². The summed E-state index contributed by atoms with van der Waals surface area (Å²) in [4.78, 5) is 11.7. The van der Waals surface area contributed by atoms with E-state index in [4.69, 9.17) is 5.73 Å². The number of rotatable bonds is 9. The molecule has 0 bridgehead atoms. The van der Waals surface area contributed by atoms with Crippen molar-refractivity contribution in [3.63, 3.8) is 0 Å². The molecule has 0 spiro atoms. The Bertz CT molecular complexity index is 384. The lowest BCUT2D eigenvalue weighted by atomic mass is 9.99. The summed E-state index contributed by atoms with van der Waals surface area (Å²) in [7, 11) is 0. The SMILES string of the molecule is CCCC[C@@H](CC)CNC(=O)CSc1nnc(N)s1. The van der Waals surface area contributed by atoms with Crippen LogP contribution in [0.2, 0.25) is 0 Å². The third-order valence-electron chi connectivity index (χ3n) is 2.88. The van der Waals surface area contributed by atoms with E-state index in [0.29, 0.717) is 16.8 Å². The van der Waals surface area contributed by atoms with Crippen LogP contribution in [0, 0.1) is 5.92 Å². The third-order valence-corrected chi connectivity index (χ3v) is 4.77. The summed E-state index contributed by atoms with van der Waals surface area (Å²) >= 11 is 2.69. The van der Waals surface area contributed by atoms with Gasteiger partial charge in [-0.25, -0.2) is 0 Å². The lowest BCUT2D eigenvalue weighted by Gasteiger charge is -2.14. The number of anilines is 1. The van der Waals surface area contributed by atoms with E-state index in [1.54, 1.807) is 0 Å². The molecule has 0 aliphatic heterocycles. The van der Waals surface area contributed by atoms with E-state index < -0.39 is 0 Å². The van der Waals surface area contributed by atoms with Crippen LogP contribution in [0.3, 0.4) is 0 Å². The van der Waals surface area contributed by atoms with Crippen molar-refractivity contribution >= 4 is 34.1 Å².